The minimum Gasteiger partial charge on any atom is -0.459 e. The summed E-state index contributed by atoms with van der Waals surface area (Å²) < 4.78 is 5.16. The highest BCUT2D eigenvalue weighted by atomic mass is 32.2. The first-order valence-electron chi connectivity index (χ1n) is 9.82. The summed E-state index contributed by atoms with van der Waals surface area (Å²) in [6.45, 7) is 5.95. The zero-order chi connectivity index (χ0) is 20.6. The summed E-state index contributed by atoms with van der Waals surface area (Å²) >= 11 is 3.33. The Balaban J connectivity index is 1.58. The molecule has 1 fully saturated rings. The number of hydrogen-bond acceptors (Lipinski definition) is 7. The quantitative estimate of drug-likeness (QED) is 0.685. The predicted octanol–water partition coefficient (Wildman–Crippen LogP) is 2.63. The number of thioether (sulfide) groups is 1. The predicted molar refractivity (Wildman–Crippen MR) is 116 cm³/mol. The molecule has 1 unspecified atom stereocenters. The Hall–Kier alpha value is -1.84. The number of thiazole rings is 1. The third-order valence-electron chi connectivity index (χ3n) is 4.91. The zero-order valence-electron chi connectivity index (χ0n) is 16.9. The van der Waals surface area contributed by atoms with Crippen molar-refractivity contribution < 1.29 is 14.0 Å². The number of nitrogens with zero attached hydrogens (tertiary/aromatic N) is 3. The molecule has 0 radical (unpaired) electrons. The lowest BCUT2D eigenvalue weighted by Gasteiger charge is -2.26. The van der Waals surface area contributed by atoms with E-state index in [4.69, 9.17) is 4.42 Å². The summed E-state index contributed by atoms with van der Waals surface area (Å²) in [5, 5.41) is 6.05. The zero-order valence-corrected chi connectivity index (χ0v) is 18.6. The average molecular weight is 437 g/mol. The standard InChI is InChI=1S/C20H28N4O3S2/c1-15-21-16(14-29-15)13-23-7-4-8-24(10-9-23)20(26)17(6-12-28-2)22-19(25)18-5-3-11-27-18/h3,5,11,14,17H,4,6-10,12-13H2,1-2H3,(H,22,25). The molecule has 2 aromatic rings. The van der Waals surface area contributed by atoms with Gasteiger partial charge >= 0.3 is 0 Å². The molecule has 0 bridgehead atoms. The number of hydrogen-bond donors (Lipinski definition) is 1. The van der Waals surface area contributed by atoms with E-state index in [1.165, 1.54) is 6.26 Å². The highest BCUT2D eigenvalue weighted by Gasteiger charge is 2.28. The van der Waals surface area contributed by atoms with E-state index in [9.17, 15) is 9.59 Å². The van der Waals surface area contributed by atoms with E-state index in [0.717, 1.165) is 42.5 Å². The Morgan fingerprint density at radius 1 is 1.34 bits per heavy atom. The monoisotopic (exact) mass is 436 g/mol. The lowest BCUT2D eigenvalue weighted by Crippen LogP contribution is -2.49. The molecule has 1 saturated heterocycles. The van der Waals surface area contributed by atoms with Crippen molar-refractivity contribution in [3.8, 4) is 0 Å². The van der Waals surface area contributed by atoms with Crippen molar-refractivity contribution in [1.82, 2.24) is 20.1 Å². The first-order valence-corrected chi connectivity index (χ1v) is 12.1. The van der Waals surface area contributed by atoms with E-state index in [1.54, 1.807) is 35.2 Å². The van der Waals surface area contributed by atoms with Gasteiger partial charge in [0.2, 0.25) is 5.91 Å². The maximum absolute atomic E-state index is 13.2. The van der Waals surface area contributed by atoms with Gasteiger partial charge in [-0.2, -0.15) is 11.8 Å². The summed E-state index contributed by atoms with van der Waals surface area (Å²) in [5.74, 6) is 0.681. The van der Waals surface area contributed by atoms with Crippen LogP contribution in [-0.4, -0.2) is 70.8 Å². The van der Waals surface area contributed by atoms with Crippen LogP contribution >= 0.6 is 23.1 Å². The van der Waals surface area contributed by atoms with E-state index in [1.807, 2.05) is 18.1 Å². The van der Waals surface area contributed by atoms with Gasteiger partial charge in [-0.05, 0) is 43.9 Å². The van der Waals surface area contributed by atoms with Crippen molar-refractivity contribution in [2.24, 2.45) is 0 Å². The smallest absolute Gasteiger partial charge is 0.287 e. The Morgan fingerprint density at radius 2 is 2.21 bits per heavy atom. The Bertz CT molecular complexity index is 794. The van der Waals surface area contributed by atoms with Crippen LogP contribution in [0.15, 0.2) is 28.2 Å². The van der Waals surface area contributed by atoms with Crippen molar-refractivity contribution in [3.05, 3.63) is 40.2 Å². The van der Waals surface area contributed by atoms with Crippen LogP contribution in [-0.2, 0) is 11.3 Å². The van der Waals surface area contributed by atoms with Gasteiger partial charge in [-0.1, -0.05) is 0 Å². The Labute approximate surface area is 179 Å². The molecule has 3 rings (SSSR count). The molecule has 0 spiro atoms. The summed E-state index contributed by atoms with van der Waals surface area (Å²) in [6.07, 6.45) is 4.97. The largest absolute Gasteiger partial charge is 0.459 e. The molecular formula is C20H28N4O3S2. The molecule has 7 nitrogen and oxygen atoms in total. The van der Waals surface area contributed by atoms with Crippen LogP contribution in [0.4, 0.5) is 0 Å². The van der Waals surface area contributed by atoms with E-state index in [0.29, 0.717) is 19.5 Å². The molecule has 9 heteroatoms. The van der Waals surface area contributed by atoms with Gasteiger partial charge in [0.15, 0.2) is 5.76 Å². The van der Waals surface area contributed by atoms with Crippen molar-refractivity contribution in [1.29, 1.82) is 0 Å². The SMILES string of the molecule is CSCCC(NC(=O)c1ccco1)C(=O)N1CCCN(Cc2csc(C)n2)CC1. The van der Waals surface area contributed by atoms with Gasteiger partial charge in [0.05, 0.1) is 17.0 Å². The minimum atomic E-state index is -0.534. The maximum atomic E-state index is 13.2. The molecule has 2 aromatic heterocycles. The Morgan fingerprint density at radius 3 is 2.90 bits per heavy atom. The molecular weight excluding hydrogens is 408 g/mol. The van der Waals surface area contributed by atoms with Crippen LogP contribution in [0.3, 0.4) is 0 Å². The first-order chi connectivity index (χ1) is 14.1. The molecule has 29 heavy (non-hydrogen) atoms. The molecule has 1 N–H and O–H groups in total. The molecule has 1 aliphatic rings. The fourth-order valence-corrected chi connectivity index (χ4v) is 4.49. The van der Waals surface area contributed by atoms with Gasteiger partial charge in [-0.15, -0.1) is 11.3 Å². The normalized spacial score (nSPS) is 16.4. The summed E-state index contributed by atoms with van der Waals surface area (Å²) in [4.78, 5) is 34.3. The number of nitrogens with one attached hydrogen (secondary N) is 1. The molecule has 0 aliphatic carbocycles. The topological polar surface area (TPSA) is 78.7 Å². The van der Waals surface area contributed by atoms with E-state index in [-0.39, 0.29) is 17.6 Å². The lowest BCUT2D eigenvalue weighted by molar-refractivity contribution is -0.133. The number of aromatic nitrogens is 1. The second kappa shape index (κ2) is 10.8. The number of carbonyl (C=O) groups is 2. The van der Waals surface area contributed by atoms with Gasteiger partial charge in [0.25, 0.3) is 5.91 Å². The second-order valence-corrected chi connectivity index (χ2v) is 9.15. The highest BCUT2D eigenvalue weighted by Crippen LogP contribution is 2.14. The summed E-state index contributed by atoms with van der Waals surface area (Å²) in [5.41, 5.74) is 1.09. The third kappa shape index (κ3) is 6.32. The van der Waals surface area contributed by atoms with Gasteiger partial charge in [-0.3, -0.25) is 14.5 Å². The fourth-order valence-electron chi connectivity index (χ4n) is 3.41. The van der Waals surface area contributed by atoms with Crippen molar-refractivity contribution in [2.45, 2.75) is 32.4 Å². The minimum absolute atomic E-state index is 0.00897. The number of amides is 2. The fraction of sp³-hybridized carbons (Fsp3) is 0.550. The van der Waals surface area contributed by atoms with Crippen LogP contribution in [0.1, 0.15) is 34.1 Å². The average Bonchev–Trinajstić information content (AvgIpc) is 3.33. The number of aryl methyl sites for hydroxylation is 1. The number of furan rings is 1. The van der Waals surface area contributed by atoms with Gasteiger partial charge in [-0.25, -0.2) is 4.98 Å². The second-order valence-electron chi connectivity index (χ2n) is 7.10. The molecule has 158 valence electrons. The van der Waals surface area contributed by atoms with E-state index in [2.05, 4.69) is 20.6 Å². The Kier molecular flexibility index (Phi) is 8.14. The molecule has 1 aliphatic heterocycles. The van der Waals surface area contributed by atoms with Crippen LogP contribution < -0.4 is 5.32 Å². The van der Waals surface area contributed by atoms with Crippen molar-refractivity contribution in [2.75, 3.05) is 38.2 Å². The first kappa shape index (κ1) is 21.9. The van der Waals surface area contributed by atoms with Crippen LogP contribution in [0.25, 0.3) is 0 Å². The molecule has 1 atom stereocenters. The van der Waals surface area contributed by atoms with E-state index >= 15 is 0 Å². The molecule has 2 amide bonds. The number of carbonyl (C=O) groups excluding carboxylic acids is 2. The van der Waals surface area contributed by atoms with Crippen LogP contribution in [0.2, 0.25) is 0 Å². The molecule has 0 aromatic carbocycles. The maximum Gasteiger partial charge on any atom is 0.287 e. The van der Waals surface area contributed by atoms with Gasteiger partial charge in [0, 0.05) is 38.1 Å². The lowest BCUT2D eigenvalue weighted by atomic mass is 10.1. The molecule has 3 heterocycles. The molecule has 0 saturated carbocycles. The number of rotatable bonds is 8. The van der Waals surface area contributed by atoms with Crippen LogP contribution in [0, 0.1) is 6.92 Å². The summed E-state index contributed by atoms with van der Waals surface area (Å²) in [6, 6.07) is 2.74. The van der Waals surface area contributed by atoms with Gasteiger partial charge < -0.3 is 14.6 Å². The summed E-state index contributed by atoms with van der Waals surface area (Å²) in [7, 11) is 0. The van der Waals surface area contributed by atoms with Crippen molar-refractivity contribution >= 4 is 34.9 Å². The van der Waals surface area contributed by atoms with E-state index < -0.39 is 6.04 Å². The van der Waals surface area contributed by atoms with Crippen molar-refractivity contribution in [3.63, 3.8) is 0 Å². The highest BCUT2D eigenvalue weighted by molar-refractivity contribution is 7.98. The van der Waals surface area contributed by atoms with Crippen LogP contribution in [0.5, 0.6) is 0 Å². The van der Waals surface area contributed by atoms with Gasteiger partial charge in [0.1, 0.15) is 6.04 Å². The third-order valence-corrected chi connectivity index (χ3v) is 6.38.